The second-order valence-electron chi connectivity index (χ2n) is 11.4. The van der Waals surface area contributed by atoms with E-state index in [1.165, 1.54) is 20.8 Å². The van der Waals surface area contributed by atoms with E-state index in [1.807, 2.05) is 0 Å². The Labute approximate surface area is 293 Å². The average Bonchev–Trinajstić information content (AvgIpc) is 3.57. The molecule has 0 aliphatic carbocycles. The Morgan fingerprint density at radius 1 is 1.08 bits per heavy atom. The number of aromatic nitrogens is 4. The summed E-state index contributed by atoms with van der Waals surface area (Å²) < 4.78 is 61.8. The number of ether oxygens (including phenoxy) is 1. The molecule has 1 saturated heterocycles. The Balaban J connectivity index is 1.55. The predicted octanol–water partition coefficient (Wildman–Crippen LogP) is -1.32. The maximum absolute atomic E-state index is 12.6. The third-order valence-electron chi connectivity index (χ3n) is 6.81. The van der Waals surface area contributed by atoms with Gasteiger partial charge >= 0.3 is 23.5 Å². The Morgan fingerprint density at radius 3 is 2.39 bits per heavy atom. The van der Waals surface area contributed by atoms with E-state index in [2.05, 4.69) is 34.4 Å². The fraction of sp³-hybridized carbons (Fsp3) is 0.652. The summed E-state index contributed by atoms with van der Waals surface area (Å²) in [7, 11) is -16.4. The van der Waals surface area contributed by atoms with Crippen molar-refractivity contribution in [3.8, 4) is 0 Å². The molecule has 3 rings (SSSR count). The van der Waals surface area contributed by atoms with Crippen LogP contribution in [0.4, 0.5) is 5.82 Å². The Morgan fingerprint density at radius 2 is 1.75 bits per heavy atom. The van der Waals surface area contributed by atoms with E-state index in [0.717, 1.165) is 29.0 Å². The number of aliphatic hydroxyl groups is 2. The zero-order valence-corrected chi connectivity index (χ0v) is 30.6. The van der Waals surface area contributed by atoms with Crippen LogP contribution in [0.5, 0.6) is 0 Å². The first kappa shape index (κ1) is 43.0. The van der Waals surface area contributed by atoms with Gasteiger partial charge in [-0.25, -0.2) is 28.6 Å². The third-order valence-corrected chi connectivity index (χ3v) is 10.7. The van der Waals surface area contributed by atoms with Gasteiger partial charge in [0.05, 0.1) is 19.5 Å². The lowest BCUT2D eigenvalue weighted by atomic mass is 9.87. The molecule has 1 aliphatic rings. The van der Waals surface area contributed by atoms with Gasteiger partial charge in [-0.05, 0) is 0 Å². The Bertz CT molecular complexity index is 1710. The van der Waals surface area contributed by atoms with E-state index >= 15 is 0 Å². The smallest absolute Gasteiger partial charge is 0.386 e. The number of hydrogen-bond donors (Lipinski definition) is 9. The predicted molar refractivity (Wildman–Crippen MR) is 173 cm³/mol. The highest BCUT2D eigenvalue weighted by Crippen LogP contribution is 2.61. The van der Waals surface area contributed by atoms with Crippen LogP contribution in [0.2, 0.25) is 0 Å². The number of phosphoric ester groups is 3. The number of carbonyl (C=O) groups is 3. The molecule has 24 nitrogen and oxygen atoms in total. The van der Waals surface area contributed by atoms with E-state index in [1.54, 1.807) is 0 Å². The van der Waals surface area contributed by atoms with Crippen molar-refractivity contribution in [3.63, 3.8) is 0 Å². The standard InChI is InChI=1S/C23H38N7O17P3S/c1-12(31)51-7-6-25-14(32)4-5-26-21(35)18(34)23(2,3)9-44-50(41,42)47-49(39,40)43-8-13-17(46-48(36,37)38)16(33)22(45-13)30-11-29-15-19(24)27-10-28-20(15)30/h10-11,13,16-18,22,33-34H,4-9H2,1-3H3,(H,25,32)(H,26,35)(H,39,40)(H,41,42)(H2,24,27,28)(H2,36,37,38)/t13-,16?,17?,18+,22-/m1/s1. The molecule has 2 aromatic heterocycles. The van der Waals surface area contributed by atoms with Gasteiger partial charge in [0.25, 0.3) is 0 Å². The first-order valence-corrected chi connectivity index (χ1v) is 20.0. The second kappa shape index (κ2) is 17.6. The summed E-state index contributed by atoms with van der Waals surface area (Å²) in [6.07, 6.45) is -6.88. The number of rotatable bonds is 19. The van der Waals surface area contributed by atoms with Crippen LogP contribution in [0.1, 0.15) is 33.4 Å². The molecule has 7 atom stereocenters. The molecule has 4 unspecified atom stereocenters. The van der Waals surface area contributed by atoms with E-state index in [0.29, 0.717) is 5.75 Å². The van der Waals surface area contributed by atoms with Gasteiger partial charge in [0, 0.05) is 37.6 Å². The highest BCUT2D eigenvalue weighted by Gasteiger charge is 2.50. The minimum absolute atomic E-state index is 0.0310. The largest absolute Gasteiger partial charge is 0.481 e. The highest BCUT2D eigenvalue weighted by atomic mass is 32.2. The number of aliphatic hydroxyl groups excluding tert-OH is 2. The number of amides is 2. The molecule has 0 aromatic carbocycles. The summed E-state index contributed by atoms with van der Waals surface area (Å²) in [4.78, 5) is 85.9. The van der Waals surface area contributed by atoms with Crippen molar-refractivity contribution in [1.29, 1.82) is 0 Å². The minimum atomic E-state index is -5.56. The molecule has 10 N–H and O–H groups in total. The van der Waals surface area contributed by atoms with Crippen LogP contribution in [-0.2, 0) is 50.7 Å². The van der Waals surface area contributed by atoms with Crippen LogP contribution < -0.4 is 16.4 Å². The number of nitrogens with zero attached hydrogens (tertiary/aromatic N) is 4. The quantitative estimate of drug-likeness (QED) is 0.0587. The van der Waals surface area contributed by atoms with Crippen LogP contribution in [0.3, 0.4) is 0 Å². The Kier molecular flexibility index (Phi) is 14.8. The van der Waals surface area contributed by atoms with Crippen LogP contribution >= 0.6 is 35.2 Å². The fourth-order valence-electron chi connectivity index (χ4n) is 4.32. The number of hydrogen-bond acceptors (Lipinski definition) is 18. The molecule has 1 fully saturated rings. The van der Waals surface area contributed by atoms with Crippen molar-refractivity contribution in [3.05, 3.63) is 12.7 Å². The molecule has 2 aromatic rings. The summed E-state index contributed by atoms with van der Waals surface area (Å²) in [5, 5.41) is 26.1. The molecular formula is C23H38N7O17P3S. The van der Waals surface area contributed by atoms with Crippen molar-refractivity contribution >= 4 is 69.1 Å². The number of nitrogens with two attached hydrogens (primary N) is 1. The molecule has 0 radical (unpaired) electrons. The van der Waals surface area contributed by atoms with Crippen molar-refractivity contribution in [2.24, 2.45) is 5.41 Å². The molecule has 288 valence electrons. The lowest BCUT2D eigenvalue weighted by molar-refractivity contribution is -0.137. The number of nitrogen functional groups attached to an aromatic ring is 1. The van der Waals surface area contributed by atoms with E-state index < -0.39 is 84.6 Å². The molecule has 1 aliphatic heterocycles. The molecular weight excluding hydrogens is 771 g/mol. The Hall–Kier alpha value is -2.44. The zero-order valence-electron chi connectivity index (χ0n) is 27.1. The summed E-state index contributed by atoms with van der Waals surface area (Å²) in [5.74, 6) is -1.08. The first-order chi connectivity index (χ1) is 23.5. The molecule has 28 heteroatoms. The SMILES string of the molecule is CC(=O)SCCNC(=O)CCNC(=O)[C@H](O)C(C)(C)COP(=O)(O)OP(=O)(O)OC[C@H]1O[C@@H](n2cnc3c(N)ncnc32)C(O)C1OP(=O)(O)O. The average molecular weight is 810 g/mol. The monoisotopic (exact) mass is 809 g/mol. The van der Waals surface area contributed by atoms with Crippen molar-refractivity contribution in [2.45, 2.75) is 57.8 Å². The zero-order chi connectivity index (χ0) is 38.4. The molecule has 0 saturated carbocycles. The van der Waals surface area contributed by atoms with Gasteiger partial charge in [0.15, 0.2) is 22.8 Å². The third kappa shape index (κ3) is 12.9. The van der Waals surface area contributed by atoms with Gasteiger partial charge < -0.3 is 50.9 Å². The summed E-state index contributed by atoms with van der Waals surface area (Å²) in [6.45, 7) is 1.90. The van der Waals surface area contributed by atoms with Crippen LogP contribution in [0.25, 0.3) is 11.2 Å². The van der Waals surface area contributed by atoms with Crippen LogP contribution in [0.15, 0.2) is 12.7 Å². The highest BCUT2D eigenvalue weighted by molar-refractivity contribution is 8.13. The fourth-order valence-corrected chi connectivity index (χ4v) is 7.65. The lowest BCUT2D eigenvalue weighted by Crippen LogP contribution is -2.46. The van der Waals surface area contributed by atoms with Crippen molar-refractivity contribution in [1.82, 2.24) is 30.2 Å². The number of anilines is 1. The maximum Gasteiger partial charge on any atom is 0.481 e. The molecule has 51 heavy (non-hydrogen) atoms. The topological polar surface area (TPSA) is 364 Å². The van der Waals surface area contributed by atoms with Gasteiger partial charge in [0.1, 0.15) is 36.3 Å². The first-order valence-electron chi connectivity index (χ1n) is 14.5. The second-order valence-corrected chi connectivity index (χ2v) is 16.9. The minimum Gasteiger partial charge on any atom is -0.386 e. The van der Waals surface area contributed by atoms with Crippen LogP contribution in [0, 0.1) is 5.41 Å². The molecule has 3 heterocycles. The van der Waals surface area contributed by atoms with E-state index in [4.69, 9.17) is 19.5 Å². The number of imidazole rings is 1. The summed E-state index contributed by atoms with van der Waals surface area (Å²) in [6, 6.07) is 0. The lowest BCUT2D eigenvalue weighted by Gasteiger charge is -2.30. The number of phosphoric acid groups is 3. The van der Waals surface area contributed by atoms with Gasteiger partial charge in [-0.1, -0.05) is 25.6 Å². The number of carbonyl (C=O) groups excluding carboxylic acids is 3. The van der Waals surface area contributed by atoms with Crippen LogP contribution in [-0.4, -0.2) is 123 Å². The van der Waals surface area contributed by atoms with Gasteiger partial charge in [0.2, 0.25) is 11.8 Å². The number of nitrogens with one attached hydrogen (secondary N) is 2. The van der Waals surface area contributed by atoms with E-state index in [9.17, 15) is 57.9 Å². The van der Waals surface area contributed by atoms with Crippen molar-refractivity contribution in [2.75, 3.05) is 37.8 Å². The van der Waals surface area contributed by atoms with E-state index in [-0.39, 0.29) is 41.6 Å². The van der Waals surface area contributed by atoms with Gasteiger partial charge in [-0.15, -0.1) is 0 Å². The van der Waals surface area contributed by atoms with Crippen molar-refractivity contribution < 1.29 is 80.5 Å². The normalized spacial score (nSPS) is 22.6. The van der Waals surface area contributed by atoms with Gasteiger partial charge in [-0.2, -0.15) is 4.31 Å². The summed E-state index contributed by atoms with van der Waals surface area (Å²) >= 11 is 1.03. The molecule has 0 spiro atoms. The summed E-state index contributed by atoms with van der Waals surface area (Å²) in [5.41, 5.74) is 4.26. The number of fused-ring (bicyclic) bond motifs is 1. The van der Waals surface area contributed by atoms with Gasteiger partial charge in [-0.3, -0.25) is 32.5 Å². The molecule has 2 amide bonds. The molecule has 0 bridgehead atoms. The maximum atomic E-state index is 12.6. The number of thioether (sulfide) groups is 1.